The van der Waals surface area contributed by atoms with Gasteiger partial charge in [0, 0.05) is 12.2 Å². The first-order valence-electron chi connectivity index (χ1n) is 8.84. The Balaban J connectivity index is 1.54. The summed E-state index contributed by atoms with van der Waals surface area (Å²) in [7, 11) is -2.22. The van der Waals surface area contributed by atoms with Crippen molar-refractivity contribution in [3.8, 4) is 5.75 Å². The molecule has 0 aliphatic carbocycles. The fraction of sp³-hybridized carbons (Fsp3) is 0.200. The summed E-state index contributed by atoms with van der Waals surface area (Å²) in [6.45, 7) is 2.62. The van der Waals surface area contributed by atoms with E-state index in [1.54, 1.807) is 38.3 Å². The zero-order chi connectivity index (χ0) is 19.7. The minimum Gasteiger partial charge on any atom is -0.496 e. The molecule has 0 radical (unpaired) electrons. The number of rotatable bonds is 5. The highest BCUT2D eigenvalue weighted by Gasteiger charge is 2.22. The van der Waals surface area contributed by atoms with Gasteiger partial charge in [0.15, 0.2) is 11.6 Å². The number of anilines is 3. The zero-order valence-corrected chi connectivity index (χ0v) is 16.4. The third kappa shape index (κ3) is 3.38. The van der Waals surface area contributed by atoms with Crippen molar-refractivity contribution in [1.82, 2.24) is 10.2 Å². The maximum atomic E-state index is 12.6. The predicted molar refractivity (Wildman–Crippen MR) is 108 cm³/mol. The van der Waals surface area contributed by atoms with Gasteiger partial charge in [0.05, 0.1) is 12.0 Å². The lowest BCUT2D eigenvalue weighted by Crippen LogP contribution is -2.17. The zero-order valence-electron chi connectivity index (χ0n) is 15.6. The Morgan fingerprint density at radius 3 is 2.61 bits per heavy atom. The van der Waals surface area contributed by atoms with Crippen molar-refractivity contribution in [3.63, 3.8) is 0 Å². The maximum Gasteiger partial charge on any atom is 0.263 e. The number of para-hydroxylation sites is 1. The summed E-state index contributed by atoms with van der Waals surface area (Å²) in [5, 5.41) is 8.27. The molecular formula is C20H20N4O3S. The first-order chi connectivity index (χ1) is 13.5. The molecular weight excluding hydrogens is 376 g/mol. The van der Waals surface area contributed by atoms with Gasteiger partial charge in [0.2, 0.25) is 0 Å². The number of hydrogen-bond acceptors (Lipinski definition) is 6. The Bertz CT molecular complexity index is 1110. The van der Waals surface area contributed by atoms with Gasteiger partial charge < -0.3 is 9.64 Å². The van der Waals surface area contributed by atoms with Crippen LogP contribution in [0.25, 0.3) is 0 Å². The third-order valence-electron chi connectivity index (χ3n) is 4.73. The lowest BCUT2D eigenvalue weighted by molar-refractivity contribution is 0.411. The summed E-state index contributed by atoms with van der Waals surface area (Å²) >= 11 is 0. The molecule has 1 aliphatic rings. The number of methoxy groups -OCH3 is 1. The van der Waals surface area contributed by atoms with Crippen molar-refractivity contribution in [1.29, 1.82) is 0 Å². The Kier molecular flexibility index (Phi) is 4.64. The molecule has 0 fully saturated rings. The smallest absolute Gasteiger partial charge is 0.263 e. The molecule has 144 valence electrons. The molecule has 4 rings (SSSR count). The van der Waals surface area contributed by atoms with Crippen LogP contribution < -0.4 is 14.4 Å². The molecule has 1 N–H and O–H groups in total. The van der Waals surface area contributed by atoms with E-state index in [4.69, 9.17) is 4.74 Å². The van der Waals surface area contributed by atoms with Crippen molar-refractivity contribution in [2.45, 2.75) is 18.2 Å². The molecule has 28 heavy (non-hydrogen) atoms. The van der Waals surface area contributed by atoms with Gasteiger partial charge in [0.25, 0.3) is 10.0 Å². The summed E-state index contributed by atoms with van der Waals surface area (Å²) in [5.74, 6) is 1.49. The first kappa shape index (κ1) is 18.2. The standard InChI is InChI=1S/C20H20N4O3S/c1-14-13-16(7-8-18(14)27-2)28(25,26)23-19-9-10-20(22-21-19)24-12-11-15-5-3-4-6-17(15)24/h3-10,13H,11-12H2,1-2H3,(H,21,23). The van der Waals surface area contributed by atoms with E-state index < -0.39 is 10.0 Å². The first-order valence-corrected chi connectivity index (χ1v) is 10.3. The van der Waals surface area contributed by atoms with Gasteiger partial charge in [-0.25, -0.2) is 8.42 Å². The Morgan fingerprint density at radius 2 is 1.89 bits per heavy atom. The van der Waals surface area contributed by atoms with Crippen LogP contribution in [0.5, 0.6) is 5.75 Å². The highest BCUT2D eigenvalue weighted by molar-refractivity contribution is 7.92. The average molecular weight is 396 g/mol. The summed E-state index contributed by atoms with van der Waals surface area (Å²) in [4.78, 5) is 2.22. The molecule has 1 aliphatic heterocycles. The van der Waals surface area contributed by atoms with E-state index in [0.29, 0.717) is 11.6 Å². The van der Waals surface area contributed by atoms with Crippen LogP contribution in [0.4, 0.5) is 17.3 Å². The third-order valence-corrected chi connectivity index (χ3v) is 6.08. The molecule has 0 amide bonds. The largest absolute Gasteiger partial charge is 0.496 e. The van der Waals surface area contributed by atoms with Crippen LogP contribution in [-0.2, 0) is 16.4 Å². The number of aromatic nitrogens is 2. The van der Waals surface area contributed by atoms with E-state index >= 15 is 0 Å². The minimum absolute atomic E-state index is 0.144. The van der Waals surface area contributed by atoms with E-state index in [-0.39, 0.29) is 10.7 Å². The molecule has 8 heteroatoms. The topological polar surface area (TPSA) is 84.4 Å². The Labute approximate surface area is 164 Å². The highest BCUT2D eigenvalue weighted by atomic mass is 32.2. The molecule has 3 aromatic rings. The van der Waals surface area contributed by atoms with Crippen LogP contribution in [0.15, 0.2) is 59.5 Å². The molecule has 0 saturated heterocycles. The molecule has 2 heterocycles. The van der Waals surface area contributed by atoms with Gasteiger partial charge >= 0.3 is 0 Å². The number of fused-ring (bicyclic) bond motifs is 1. The number of ether oxygens (including phenoxy) is 1. The highest BCUT2D eigenvalue weighted by Crippen LogP contribution is 2.33. The van der Waals surface area contributed by atoms with E-state index in [1.807, 2.05) is 18.2 Å². The summed E-state index contributed by atoms with van der Waals surface area (Å²) in [5.41, 5.74) is 3.11. The van der Waals surface area contributed by atoms with Crippen LogP contribution >= 0.6 is 0 Å². The number of aryl methyl sites for hydroxylation is 1. The summed E-state index contributed by atoms with van der Waals surface area (Å²) in [6, 6.07) is 16.2. The molecule has 2 aromatic carbocycles. The number of sulfonamides is 1. The van der Waals surface area contributed by atoms with Crippen molar-refractivity contribution in [2.75, 3.05) is 23.3 Å². The fourth-order valence-corrected chi connectivity index (χ4v) is 4.40. The molecule has 0 unspecified atom stereocenters. The second kappa shape index (κ2) is 7.12. The van der Waals surface area contributed by atoms with Crippen LogP contribution in [0, 0.1) is 6.92 Å². The van der Waals surface area contributed by atoms with E-state index in [9.17, 15) is 8.42 Å². The van der Waals surface area contributed by atoms with Crippen molar-refractivity contribution in [2.24, 2.45) is 0 Å². The second-order valence-corrected chi connectivity index (χ2v) is 8.23. The number of nitrogens with zero attached hydrogens (tertiary/aromatic N) is 3. The van der Waals surface area contributed by atoms with Crippen LogP contribution in [0.3, 0.4) is 0 Å². The van der Waals surface area contributed by atoms with Gasteiger partial charge in [-0.3, -0.25) is 4.72 Å². The molecule has 7 nitrogen and oxygen atoms in total. The quantitative estimate of drug-likeness (QED) is 0.712. The number of nitrogens with one attached hydrogen (secondary N) is 1. The molecule has 0 bridgehead atoms. The van der Waals surface area contributed by atoms with Gasteiger partial charge in [-0.1, -0.05) is 18.2 Å². The normalized spacial score (nSPS) is 13.3. The maximum absolute atomic E-state index is 12.6. The molecule has 1 aromatic heterocycles. The van der Waals surface area contributed by atoms with E-state index in [1.165, 1.54) is 11.6 Å². The van der Waals surface area contributed by atoms with Crippen molar-refractivity contribution < 1.29 is 13.2 Å². The van der Waals surface area contributed by atoms with E-state index in [0.717, 1.165) is 24.2 Å². The lowest BCUT2D eigenvalue weighted by atomic mass is 10.2. The van der Waals surface area contributed by atoms with Crippen LogP contribution in [0.1, 0.15) is 11.1 Å². The van der Waals surface area contributed by atoms with Gasteiger partial charge in [0.1, 0.15) is 5.75 Å². The molecule has 0 spiro atoms. The van der Waals surface area contributed by atoms with Gasteiger partial charge in [-0.2, -0.15) is 0 Å². The predicted octanol–water partition coefficient (Wildman–Crippen LogP) is 3.29. The van der Waals surface area contributed by atoms with Crippen molar-refractivity contribution >= 4 is 27.3 Å². The molecule has 0 saturated carbocycles. The van der Waals surface area contributed by atoms with Crippen molar-refractivity contribution in [3.05, 3.63) is 65.7 Å². The van der Waals surface area contributed by atoms with E-state index in [2.05, 4.69) is 25.9 Å². The average Bonchev–Trinajstić information content (AvgIpc) is 3.12. The summed E-state index contributed by atoms with van der Waals surface area (Å²) < 4.78 is 32.9. The number of hydrogen-bond donors (Lipinski definition) is 1. The lowest BCUT2D eigenvalue weighted by Gasteiger charge is -2.17. The Morgan fingerprint density at radius 1 is 1.07 bits per heavy atom. The summed E-state index contributed by atoms with van der Waals surface area (Å²) in [6.07, 6.45) is 0.947. The SMILES string of the molecule is COc1ccc(S(=O)(=O)Nc2ccc(N3CCc4ccccc43)nn2)cc1C. The molecule has 0 atom stereocenters. The fourth-order valence-electron chi connectivity index (χ4n) is 3.31. The number of benzene rings is 2. The second-order valence-electron chi connectivity index (χ2n) is 6.54. The Hall–Kier alpha value is -3.13. The van der Waals surface area contributed by atoms with Crippen LogP contribution in [-0.4, -0.2) is 32.3 Å². The minimum atomic E-state index is -3.76. The monoisotopic (exact) mass is 396 g/mol. The van der Waals surface area contributed by atoms with Crippen LogP contribution in [0.2, 0.25) is 0 Å². The van der Waals surface area contributed by atoms with Gasteiger partial charge in [-0.15, -0.1) is 10.2 Å². The van der Waals surface area contributed by atoms with Gasteiger partial charge in [-0.05, 0) is 60.9 Å².